The number of piperidine rings is 1. The molecule has 1 rings (SSSR count). The summed E-state index contributed by atoms with van der Waals surface area (Å²) in [4.78, 5) is 10.8. The van der Waals surface area contributed by atoms with Gasteiger partial charge in [-0.3, -0.25) is 4.79 Å². The van der Waals surface area contributed by atoms with E-state index in [2.05, 4.69) is 5.32 Å². The van der Waals surface area contributed by atoms with Gasteiger partial charge in [0.05, 0.1) is 0 Å². The third kappa shape index (κ3) is 1.63. The Balaban J connectivity index is 2.93. The predicted molar refractivity (Wildman–Crippen MR) is 39.8 cm³/mol. The first kappa shape index (κ1) is 10.3. The van der Waals surface area contributed by atoms with Crippen LogP contribution in [0.1, 0.15) is 12.8 Å². The molecule has 0 aromatic heterocycles. The Morgan fingerprint density at radius 2 is 1.77 bits per heavy atom. The lowest BCUT2D eigenvalue weighted by atomic mass is 9.77. The standard InChI is InChI=1S/C7H11F3N2O/c8-7(9,10)6(5(11)13)1-3-12-4-2-6/h12H,1-4H2,(H2,11,13). The van der Waals surface area contributed by atoms with Gasteiger partial charge in [-0.25, -0.2) is 0 Å². The number of nitrogens with one attached hydrogen (secondary N) is 1. The molecule has 0 aromatic rings. The predicted octanol–water partition coefficient (Wildman–Crippen LogP) is 0.404. The molecule has 0 aromatic carbocycles. The molecule has 1 fully saturated rings. The summed E-state index contributed by atoms with van der Waals surface area (Å²) >= 11 is 0. The SMILES string of the molecule is NC(=O)C1(C(F)(F)F)CCNCC1. The van der Waals surface area contributed by atoms with Crippen LogP contribution in [-0.2, 0) is 4.79 Å². The summed E-state index contributed by atoms with van der Waals surface area (Å²) in [6.45, 7) is 0.366. The number of halogens is 3. The maximum absolute atomic E-state index is 12.5. The van der Waals surface area contributed by atoms with E-state index in [9.17, 15) is 18.0 Å². The molecule has 3 N–H and O–H groups in total. The molecule has 1 aliphatic rings. The summed E-state index contributed by atoms with van der Waals surface area (Å²) in [6, 6.07) is 0. The zero-order valence-corrected chi connectivity index (χ0v) is 6.95. The van der Waals surface area contributed by atoms with Gasteiger partial charge in [0.25, 0.3) is 0 Å². The van der Waals surface area contributed by atoms with Gasteiger partial charge in [0.1, 0.15) is 5.41 Å². The van der Waals surface area contributed by atoms with Crippen LogP contribution >= 0.6 is 0 Å². The molecule has 76 valence electrons. The average molecular weight is 196 g/mol. The first-order valence-corrected chi connectivity index (χ1v) is 3.97. The van der Waals surface area contributed by atoms with Crippen molar-refractivity contribution in [2.75, 3.05) is 13.1 Å². The van der Waals surface area contributed by atoms with E-state index in [0.717, 1.165) is 0 Å². The number of nitrogens with two attached hydrogens (primary N) is 1. The molecule has 1 heterocycles. The molecule has 0 atom stereocenters. The third-order valence-corrected chi connectivity index (χ3v) is 2.47. The zero-order valence-electron chi connectivity index (χ0n) is 6.95. The van der Waals surface area contributed by atoms with Crippen molar-refractivity contribution in [2.45, 2.75) is 19.0 Å². The van der Waals surface area contributed by atoms with E-state index in [1.54, 1.807) is 0 Å². The molecule has 3 nitrogen and oxygen atoms in total. The number of carbonyl (C=O) groups excluding carboxylic acids is 1. The highest BCUT2D eigenvalue weighted by Gasteiger charge is 2.59. The van der Waals surface area contributed by atoms with E-state index < -0.39 is 17.5 Å². The van der Waals surface area contributed by atoms with Gasteiger partial charge in [0.2, 0.25) is 5.91 Å². The normalized spacial score (nSPS) is 22.7. The highest BCUT2D eigenvalue weighted by atomic mass is 19.4. The van der Waals surface area contributed by atoms with Crippen LogP contribution in [0.4, 0.5) is 13.2 Å². The van der Waals surface area contributed by atoms with Gasteiger partial charge in [0, 0.05) is 0 Å². The summed E-state index contributed by atoms with van der Waals surface area (Å²) in [6.07, 6.45) is -5.04. The van der Waals surface area contributed by atoms with Crippen LogP contribution in [0.25, 0.3) is 0 Å². The van der Waals surface area contributed by atoms with E-state index >= 15 is 0 Å². The first-order valence-electron chi connectivity index (χ1n) is 3.97. The molecule has 1 aliphatic heterocycles. The Kier molecular flexibility index (Phi) is 2.51. The Labute approximate surface area is 73.5 Å². The van der Waals surface area contributed by atoms with Gasteiger partial charge in [-0.05, 0) is 25.9 Å². The minimum absolute atomic E-state index is 0.183. The van der Waals surface area contributed by atoms with Crippen LogP contribution < -0.4 is 11.1 Å². The smallest absolute Gasteiger partial charge is 0.369 e. The molecule has 6 heteroatoms. The van der Waals surface area contributed by atoms with E-state index in [-0.39, 0.29) is 25.9 Å². The lowest BCUT2D eigenvalue weighted by molar-refractivity contribution is -0.226. The highest BCUT2D eigenvalue weighted by molar-refractivity contribution is 5.81. The van der Waals surface area contributed by atoms with Crippen LogP contribution in [0.15, 0.2) is 0 Å². The Morgan fingerprint density at radius 1 is 1.31 bits per heavy atom. The monoisotopic (exact) mass is 196 g/mol. The fourth-order valence-corrected chi connectivity index (χ4v) is 1.52. The number of amides is 1. The van der Waals surface area contributed by atoms with Gasteiger partial charge in [-0.1, -0.05) is 0 Å². The molecule has 0 saturated carbocycles. The van der Waals surface area contributed by atoms with E-state index in [1.807, 2.05) is 0 Å². The summed E-state index contributed by atoms with van der Waals surface area (Å²) in [5, 5.41) is 2.76. The molecular formula is C7H11F3N2O. The molecule has 0 radical (unpaired) electrons. The van der Waals surface area contributed by atoms with Gasteiger partial charge in [-0.15, -0.1) is 0 Å². The van der Waals surface area contributed by atoms with Crippen LogP contribution in [0.2, 0.25) is 0 Å². The second-order valence-electron chi connectivity index (χ2n) is 3.19. The number of primary amides is 1. The molecule has 1 amide bonds. The second kappa shape index (κ2) is 3.17. The quantitative estimate of drug-likeness (QED) is 0.638. The van der Waals surface area contributed by atoms with E-state index in [0.29, 0.717) is 0 Å². The molecule has 0 bridgehead atoms. The van der Waals surface area contributed by atoms with Gasteiger partial charge in [-0.2, -0.15) is 13.2 Å². The summed E-state index contributed by atoms with van der Waals surface area (Å²) in [5.74, 6) is -1.26. The maximum Gasteiger partial charge on any atom is 0.403 e. The summed E-state index contributed by atoms with van der Waals surface area (Å²) < 4.78 is 37.6. The summed E-state index contributed by atoms with van der Waals surface area (Å²) in [7, 11) is 0. The molecular weight excluding hydrogens is 185 g/mol. The minimum atomic E-state index is -4.53. The zero-order chi connectivity index (χ0) is 10.1. The van der Waals surface area contributed by atoms with Crippen LogP contribution in [0.5, 0.6) is 0 Å². The topological polar surface area (TPSA) is 55.1 Å². The molecule has 0 unspecified atom stereocenters. The van der Waals surface area contributed by atoms with Gasteiger partial charge >= 0.3 is 6.18 Å². The largest absolute Gasteiger partial charge is 0.403 e. The Bertz CT molecular complexity index is 208. The van der Waals surface area contributed by atoms with Crippen molar-refractivity contribution in [2.24, 2.45) is 11.1 Å². The lowest BCUT2D eigenvalue weighted by Gasteiger charge is -2.36. The first-order chi connectivity index (χ1) is 5.90. The number of alkyl halides is 3. The van der Waals surface area contributed by atoms with Crippen molar-refractivity contribution in [1.82, 2.24) is 5.32 Å². The van der Waals surface area contributed by atoms with Crippen LogP contribution in [0, 0.1) is 5.41 Å². The van der Waals surface area contributed by atoms with Gasteiger partial charge < -0.3 is 11.1 Å². The average Bonchev–Trinajstić information content (AvgIpc) is 2.03. The lowest BCUT2D eigenvalue weighted by Crippen LogP contribution is -2.54. The van der Waals surface area contributed by atoms with Crippen molar-refractivity contribution in [3.8, 4) is 0 Å². The molecule has 0 spiro atoms. The Hall–Kier alpha value is -0.780. The maximum atomic E-state index is 12.5. The highest BCUT2D eigenvalue weighted by Crippen LogP contribution is 2.44. The number of hydrogen-bond acceptors (Lipinski definition) is 2. The van der Waals surface area contributed by atoms with Crippen molar-refractivity contribution in [3.05, 3.63) is 0 Å². The van der Waals surface area contributed by atoms with Crippen molar-refractivity contribution < 1.29 is 18.0 Å². The van der Waals surface area contributed by atoms with E-state index in [1.165, 1.54) is 0 Å². The molecule has 1 saturated heterocycles. The number of rotatable bonds is 1. The fourth-order valence-electron chi connectivity index (χ4n) is 1.52. The summed E-state index contributed by atoms with van der Waals surface area (Å²) in [5.41, 5.74) is 2.49. The third-order valence-electron chi connectivity index (χ3n) is 2.47. The van der Waals surface area contributed by atoms with Crippen LogP contribution in [0.3, 0.4) is 0 Å². The minimum Gasteiger partial charge on any atom is -0.369 e. The fraction of sp³-hybridized carbons (Fsp3) is 0.857. The van der Waals surface area contributed by atoms with Crippen LogP contribution in [-0.4, -0.2) is 25.2 Å². The molecule has 13 heavy (non-hydrogen) atoms. The van der Waals surface area contributed by atoms with Crippen molar-refractivity contribution in [3.63, 3.8) is 0 Å². The van der Waals surface area contributed by atoms with Crippen molar-refractivity contribution >= 4 is 5.91 Å². The van der Waals surface area contributed by atoms with Gasteiger partial charge in [0.15, 0.2) is 0 Å². The second-order valence-corrected chi connectivity index (χ2v) is 3.19. The number of hydrogen-bond donors (Lipinski definition) is 2. The Morgan fingerprint density at radius 3 is 2.00 bits per heavy atom. The molecule has 0 aliphatic carbocycles. The van der Waals surface area contributed by atoms with E-state index in [4.69, 9.17) is 5.73 Å². The number of carbonyl (C=O) groups is 1. The van der Waals surface area contributed by atoms with Crippen molar-refractivity contribution in [1.29, 1.82) is 0 Å².